The van der Waals surface area contributed by atoms with Crippen LogP contribution in [0.25, 0.3) is 0 Å². The molecule has 0 spiro atoms. The molecule has 5 heteroatoms. The number of Topliss-reactive ketones (excluding diaryl/α,β-unsaturated/α-hetero) is 1. The molecule has 4 fully saturated rings. The van der Waals surface area contributed by atoms with E-state index in [0.29, 0.717) is 36.4 Å². The Balaban J connectivity index is 1.29. The Morgan fingerprint density at radius 1 is 1.16 bits per heavy atom. The minimum absolute atomic E-state index is 0.0136. The number of ketones is 1. The zero-order valence-electron chi connectivity index (χ0n) is 27.5. The van der Waals surface area contributed by atoms with Gasteiger partial charge in [0.15, 0.2) is 0 Å². The first-order valence-electron chi connectivity index (χ1n) is 17.4. The van der Waals surface area contributed by atoms with E-state index in [2.05, 4.69) is 53.3 Å². The number of oxazole rings is 1. The van der Waals surface area contributed by atoms with Gasteiger partial charge in [-0.25, -0.2) is 4.98 Å². The van der Waals surface area contributed by atoms with E-state index in [9.17, 15) is 15.0 Å². The Bertz CT molecular complexity index is 1220. The van der Waals surface area contributed by atoms with Gasteiger partial charge in [-0.05, 0) is 105 Å². The zero-order chi connectivity index (χ0) is 30.9. The van der Waals surface area contributed by atoms with Crippen LogP contribution in [0.5, 0.6) is 0 Å². The van der Waals surface area contributed by atoms with Gasteiger partial charge in [0.1, 0.15) is 11.5 Å². The lowest BCUT2D eigenvalue weighted by Crippen LogP contribution is -2.37. The fraction of sp³-hybridized carbons (Fsp3) is 0.737. The molecule has 1 aromatic rings. The topological polar surface area (TPSA) is 83.6 Å². The summed E-state index contributed by atoms with van der Waals surface area (Å²) in [5.41, 5.74) is 3.36. The maximum Gasteiger partial charge on any atom is 0.201 e. The lowest BCUT2D eigenvalue weighted by molar-refractivity contribution is -0.127. The Morgan fingerprint density at radius 3 is 2.63 bits per heavy atom. The molecule has 5 rings (SSSR count). The minimum atomic E-state index is -0.644. The molecule has 7 atom stereocenters. The third-order valence-electron chi connectivity index (χ3n) is 12.0. The number of aliphatic hydroxyl groups excluding tert-OH is 2. The highest BCUT2D eigenvalue weighted by molar-refractivity contribution is 5.84. The van der Waals surface area contributed by atoms with Crippen LogP contribution in [0.4, 0.5) is 0 Å². The van der Waals surface area contributed by atoms with Crippen LogP contribution in [0, 0.1) is 35.0 Å². The summed E-state index contributed by atoms with van der Waals surface area (Å²) in [5.74, 6) is 3.94. The number of fused-ring (bicyclic) bond motifs is 1. The van der Waals surface area contributed by atoms with Gasteiger partial charge in [0, 0.05) is 24.7 Å². The van der Waals surface area contributed by atoms with Crippen molar-refractivity contribution in [1.29, 1.82) is 0 Å². The highest BCUT2D eigenvalue weighted by Gasteiger charge is 2.57. The standard InChI is InChI=1S/C38H57NO4/c1-7-8-11-30-23-39-36(43-30)38(19-20-38)33(35(42)24(2)3)15-12-25(4)31-16-17-32-27(10-9-18-37(31,32)6)13-14-28-21-29(40)22-34(41)26(28)5/h13-14,23-25,29,31-34,40-41H,5,7-12,15-22H2,1-4,6H3/t25-,29-,31-,32+,33+,34+,37-/m1/s1. The molecule has 4 aliphatic carbocycles. The molecule has 4 aliphatic rings. The lowest BCUT2D eigenvalue weighted by atomic mass is 9.60. The summed E-state index contributed by atoms with van der Waals surface area (Å²) < 4.78 is 6.31. The van der Waals surface area contributed by atoms with Crippen molar-refractivity contribution < 1.29 is 19.4 Å². The Kier molecular flexibility index (Phi) is 9.93. The molecule has 4 saturated carbocycles. The Labute approximate surface area is 260 Å². The number of carbonyl (C=O) groups is 1. The number of aryl methyl sites for hydroxylation is 1. The zero-order valence-corrected chi connectivity index (χ0v) is 27.5. The fourth-order valence-corrected chi connectivity index (χ4v) is 9.25. The summed E-state index contributed by atoms with van der Waals surface area (Å²) in [6.07, 6.45) is 19.4. The number of unbranched alkanes of at least 4 members (excludes halogenated alkanes) is 1. The minimum Gasteiger partial charge on any atom is -0.445 e. The summed E-state index contributed by atoms with van der Waals surface area (Å²) in [7, 11) is 0. The first kappa shape index (κ1) is 32.4. The van der Waals surface area contributed by atoms with Crippen molar-refractivity contribution in [3.63, 3.8) is 0 Å². The van der Waals surface area contributed by atoms with Gasteiger partial charge in [-0.2, -0.15) is 0 Å². The van der Waals surface area contributed by atoms with Crippen molar-refractivity contribution in [1.82, 2.24) is 4.98 Å². The van der Waals surface area contributed by atoms with Crippen LogP contribution in [0.1, 0.15) is 130 Å². The van der Waals surface area contributed by atoms with Gasteiger partial charge in [0.2, 0.25) is 5.89 Å². The molecule has 0 aliphatic heterocycles. The van der Waals surface area contributed by atoms with Gasteiger partial charge in [-0.3, -0.25) is 4.79 Å². The van der Waals surface area contributed by atoms with Gasteiger partial charge in [-0.1, -0.05) is 65.3 Å². The van der Waals surface area contributed by atoms with Crippen molar-refractivity contribution in [2.45, 2.75) is 142 Å². The number of hydrogen-bond donors (Lipinski definition) is 2. The number of hydrogen-bond acceptors (Lipinski definition) is 5. The van der Waals surface area contributed by atoms with Crippen LogP contribution in [-0.2, 0) is 16.6 Å². The molecule has 1 aromatic heterocycles. The van der Waals surface area contributed by atoms with Gasteiger partial charge >= 0.3 is 0 Å². The van der Waals surface area contributed by atoms with Gasteiger partial charge in [0.25, 0.3) is 0 Å². The van der Waals surface area contributed by atoms with Gasteiger partial charge in [-0.15, -0.1) is 0 Å². The maximum atomic E-state index is 13.7. The average Bonchev–Trinajstić information content (AvgIpc) is 3.47. The molecule has 5 nitrogen and oxygen atoms in total. The molecule has 2 N–H and O–H groups in total. The second-order valence-electron chi connectivity index (χ2n) is 15.2. The smallest absolute Gasteiger partial charge is 0.201 e. The molecule has 0 unspecified atom stereocenters. The van der Waals surface area contributed by atoms with Crippen LogP contribution in [0.2, 0.25) is 0 Å². The number of aliphatic hydroxyl groups is 2. The molecule has 0 amide bonds. The first-order chi connectivity index (χ1) is 20.5. The van der Waals surface area contributed by atoms with E-state index < -0.39 is 12.2 Å². The van der Waals surface area contributed by atoms with E-state index in [-0.39, 0.29) is 22.7 Å². The molecule has 0 bridgehead atoms. The molecular formula is C38H57NO4. The van der Waals surface area contributed by atoms with Gasteiger partial charge in [0.05, 0.1) is 23.8 Å². The highest BCUT2D eigenvalue weighted by Crippen LogP contribution is 2.61. The van der Waals surface area contributed by atoms with Crippen LogP contribution in [-0.4, -0.2) is 33.2 Å². The van der Waals surface area contributed by atoms with Crippen LogP contribution in [0.15, 0.2) is 46.1 Å². The van der Waals surface area contributed by atoms with E-state index in [1.54, 1.807) is 0 Å². The second-order valence-corrected chi connectivity index (χ2v) is 15.2. The number of aromatic nitrogens is 1. The number of carbonyl (C=O) groups excluding carboxylic acids is 1. The molecule has 43 heavy (non-hydrogen) atoms. The van der Waals surface area contributed by atoms with E-state index in [0.717, 1.165) is 74.2 Å². The quantitative estimate of drug-likeness (QED) is 0.255. The van der Waals surface area contributed by atoms with E-state index >= 15 is 0 Å². The van der Waals surface area contributed by atoms with Crippen molar-refractivity contribution in [3.8, 4) is 0 Å². The number of allylic oxidation sites excluding steroid dienone is 3. The van der Waals surface area contributed by atoms with Crippen LogP contribution in [0.3, 0.4) is 0 Å². The lowest BCUT2D eigenvalue weighted by Gasteiger charge is -2.44. The van der Waals surface area contributed by atoms with Crippen molar-refractivity contribution in [2.75, 3.05) is 0 Å². The van der Waals surface area contributed by atoms with Crippen LogP contribution >= 0.6 is 0 Å². The SMILES string of the molecule is C=C1C(=CC=C2CCC[C@]3(C)[C@@H]([C@H](C)CC[C@@H](C(=O)C(C)C)C4(c5ncc(CCCC)o5)CC4)CC[C@@H]23)C[C@@H](O)C[C@@H]1O. The second kappa shape index (κ2) is 13.2. The summed E-state index contributed by atoms with van der Waals surface area (Å²) in [4.78, 5) is 18.4. The summed E-state index contributed by atoms with van der Waals surface area (Å²) in [6, 6.07) is 0. The van der Waals surface area contributed by atoms with Crippen molar-refractivity contribution >= 4 is 5.78 Å². The van der Waals surface area contributed by atoms with E-state index in [1.165, 1.54) is 31.3 Å². The summed E-state index contributed by atoms with van der Waals surface area (Å²) in [5, 5.41) is 20.5. The monoisotopic (exact) mass is 591 g/mol. The first-order valence-corrected chi connectivity index (χ1v) is 17.4. The van der Waals surface area contributed by atoms with Crippen molar-refractivity contribution in [2.24, 2.45) is 35.0 Å². The molecular weight excluding hydrogens is 534 g/mol. The molecule has 1 heterocycles. The molecule has 0 radical (unpaired) electrons. The number of rotatable bonds is 12. The fourth-order valence-electron chi connectivity index (χ4n) is 9.25. The normalized spacial score (nSPS) is 33.6. The van der Waals surface area contributed by atoms with Gasteiger partial charge < -0.3 is 14.6 Å². The molecule has 0 aromatic carbocycles. The summed E-state index contributed by atoms with van der Waals surface area (Å²) >= 11 is 0. The largest absolute Gasteiger partial charge is 0.445 e. The molecule has 0 saturated heterocycles. The third-order valence-corrected chi connectivity index (χ3v) is 12.0. The predicted octanol–water partition coefficient (Wildman–Crippen LogP) is 8.45. The van der Waals surface area contributed by atoms with E-state index in [1.807, 2.05) is 6.20 Å². The van der Waals surface area contributed by atoms with Crippen LogP contribution < -0.4 is 0 Å². The maximum absolute atomic E-state index is 13.7. The van der Waals surface area contributed by atoms with E-state index in [4.69, 9.17) is 9.40 Å². The Morgan fingerprint density at radius 2 is 1.93 bits per heavy atom. The average molecular weight is 592 g/mol. The highest BCUT2D eigenvalue weighted by atomic mass is 16.4. The van der Waals surface area contributed by atoms with Crippen molar-refractivity contribution in [3.05, 3.63) is 53.3 Å². The Hall–Kier alpha value is -1.98. The third kappa shape index (κ3) is 6.54. The predicted molar refractivity (Wildman–Crippen MR) is 172 cm³/mol. The number of nitrogens with zero attached hydrogens (tertiary/aromatic N) is 1. The summed E-state index contributed by atoms with van der Waals surface area (Å²) in [6.45, 7) is 15.4. The molecule has 238 valence electrons.